The molecule has 0 amide bonds. The van der Waals surface area contributed by atoms with Crippen LogP contribution in [-0.4, -0.2) is 82.8 Å². The molecule has 0 spiro atoms. The highest BCUT2D eigenvalue weighted by molar-refractivity contribution is 5.65. The smallest absolute Gasteiger partial charge is 0.0558 e. The quantitative estimate of drug-likeness (QED) is 0.408. The predicted octanol–water partition coefficient (Wildman–Crippen LogP) is 0.927. The van der Waals surface area contributed by atoms with Gasteiger partial charge in [-0.3, -0.25) is 9.80 Å². The number of hydrogen-bond acceptors (Lipinski definition) is 6. The molecule has 0 aliphatic carbocycles. The van der Waals surface area contributed by atoms with Gasteiger partial charge in [0.25, 0.3) is 0 Å². The lowest BCUT2D eigenvalue weighted by Gasteiger charge is -2.21. The molecule has 2 aromatic rings. The van der Waals surface area contributed by atoms with Crippen LogP contribution in [0.5, 0.6) is 0 Å². The maximum absolute atomic E-state index is 9.19. The minimum atomic E-state index is 0.0694. The van der Waals surface area contributed by atoms with Gasteiger partial charge in [-0.1, -0.05) is 36.4 Å². The third-order valence-corrected chi connectivity index (χ3v) is 4.66. The Morgan fingerprint density at radius 1 is 0.536 bits per heavy atom. The van der Waals surface area contributed by atoms with Gasteiger partial charge in [0, 0.05) is 39.3 Å². The Morgan fingerprint density at radius 3 is 1.21 bits per heavy atom. The Hall–Kier alpha value is -1.80. The normalized spacial score (nSPS) is 11.5. The monoisotopic (exact) mass is 388 g/mol. The van der Waals surface area contributed by atoms with Crippen molar-refractivity contribution >= 4 is 0 Å². The molecule has 0 aliphatic rings. The van der Waals surface area contributed by atoms with Gasteiger partial charge in [0.1, 0.15) is 0 Å². The largest absolute Gasteiger partial charge is 0.395 e. The molecule has 4 N–H and O–H groups in total. The fraction of sp³-hybridized carbons (Fsp3) is 0.455. The molecule has 0 aliphatic heterocycles. The molecule has 0 fully saturated rings. The van der Waals surface area contributed by atoms with E-state index < -0.39 is 0 Å². The molecule has 0 heterocycles. The average Bonchev–Trinajstić information content (AvgIpc) is 2.69. The topological polar surface area (TPSA) is 87.4 Å². The van der Waals surface area contributed by atoms with Crippen molar-refractivity contribution < 1.29 is 20.4 Å². The van der Waals surface area contributed by atoms with Crippen LogP contribution in [0.15, 0.2) is 48.5 Å². The van der Waals surface area contributed by atoms with E-state index in [-0.39, 0.29) is 26.4 Å². The van der Waals surface area contributed by atoms with E-state index in [4.69, 9.17) is 0 Å². The summed E-state index contributed by atoms with van der Waals surface area (Å²) in [5, 5.41) is 36.8. The SMILES string of the molecule is OCCN(CCO)Cc1cccc(-c2cccc(CN(CCO)CCO)c2)c1. The number of benzene rings is 2. The average molecular weight is 389 g/mol. The van der Waals surface area contributed by atoms with Gasteiger partial charge in [-0.25, -0.2) is 0 Å². The van der Waals surface area contributed by atoms with Gasteiger partial charge in [0.15, 0.2) is 0 Å². The molecule has 0 saturated carbocycles. The molecular formula is C22H32N2O4. The van der Waals surface area contributed by atoms with Gasteiger partial charge in [-0.2, -0.15) is 0 Å². The van der Waals surface area contributed by atoms with E-state index in [9.17, 15) is 20.4 Å². The molecule has 0 atom stereocenters. The van der Waals surface area contributed by atoms with Crippen molar-refractivity contribution in [3.05, 3.63) is 59.7 Å². The molecule has 2 aromatic carbocycles. The Morgan fingerprint density at radius 2 is 0.893 bits per heavy atom. The lowest BCUT2D eigenvalue weighted by atomic mass is 10.0. The zero-order valence-corrected chi connectivity index (χ0v) is 16.4. The lowest BCUT2D eigenvalue weighted by molar-refractivity contribution is 0.155. The molecule has 154 valence electrons. The van der Waals surface area contributed by atoms with E-state index in [0.717, 1.165) is 22.3 Å². The summed E-state index contributed by atoms with van der Waals surface area (Å²) >= 11 is 0. The van der Waals surface area contributed by atoms with Crippen LogP contribution < -0.4 is 0 Å². The van der Waals surface area contributed by atoms with E-state index in [1.807, 2.05) is 21.9 Å². The number of aliphatic hydroxyl groups excluding tert-OH is 4. The van der Waals surface area contributed by atoms with Crippen LogP contribution in [0, 0.1) is 0 Å². The van der Waals surface area contributed by atoms with E-state index in [2.05, 4.69) is 36.4 Å². The van der Waals surface area contributed by atoms with Gasteiger partial charge in [0.05, 0.1) is 26.4 Å². The van der Waals surface area contributed by atoms with Crippen LogP contribution in [0.3, 0.4) is 0 Å². The summed E-state index contributed by atoms with van der Waals surface area (Å²) in [6.07, 6.45) is 0. The van der Waals surface area contributed by atoms with Crippen molar-refractivity contribution in [3.8, 4) is 11.1 Å². The summed E-state index contributed by atoms with van der Waals surface area (Å²) < 4.78 is 0. The zero-order valence-electron chi connectivity index (χ0n) is 16.4. The van der Waals surface area contributed by atoms with Gasteiger partial charge >= 0.3 is 0 Å². The summed E-state index contributed by atoms with van der Waals surface area (Å²) in [6.45, 7) is 3.76. The Kier molecular flexibility index (Phi) is 10.1. The molecule has 0 radical (unpaired) electrons. The van der Waals surface area contributed by atoms with Crippen LogP contribution in [0.2, 0.25) is 0 Å². The third-order valence-electron chi connectivity index (χ3n) is 4.66. The fourth-order valence-corrected chi connectivity index (χ4v) is 3.32. The molecule has 2 rings (SSSR count). The predicted molar refractivity (Wildman–Crippen MR) is 111 cm³/mol. The lowest BCUT2D eigenvalue weighted by Crippen LogP contribution is -2.29. The van der Waals surface area contributed by atoms with Crippen LogP contribution >= 0.6 is 0 Å². The van der Waals surface area contributed by atoms with Crippen molar-refractivity contribution in [1.29, 1.82) is 0 Å². The number of nitrogens with zero attached hydrogens (tertiary/aromatic N) is 2. The number of hydrogen-bond donors (Lipinski definition) is 4. The van der Waals surface area contributed by atoms with E-state index in [0.29, 0.717) is 39.3 Å². The zero-order chi connectivity index (χ0) is 20.2. The molecule has 0 unspecified atom stereocenters. The van der Waals surface area contributed by atoms with Crippen molar-refractivity contribution in [1.82, 2.24) is 9.80 Å². The summed E-state index contributed by atoms with van der Waals surface area (Å²) in [6, 6.07) is 16.6. The second kappa shape index (κ2) is 12.6. The molecule has 0 saturated heterocycles. The minimum Gasteiger partial charge on any atom is -0.395 e. The maximum atomic E-state index is 9.19. The minimum absolute atomic E-state index is 0.0694. The van der Waals surface area contributed by atoms with Crippen LogP contribution in [0.1, 0.15) is 11.1 Å². The Balaban J connectivity index is 2.14. The highest BCUT2D eigenvalue weighted by atomic mass is 16.3. The molecule has 28 heavy (non-hydrogen) atoms. The highest BCUT2D eigenvalue weighted by Gasteiger charge is 2.08. The summed E-state index contributed by atoms with van der Waals surface area (Å²) in [5.41, 5.74) is 4.49. The van der Waals surface area contributed by atoms with Gasteiger partial charge in [-0.15, -0.1) is 0 Å². The van der Waals surface area contributed by atoms with Crippen molar-refractivity contribution in [3.63, 3.8) is 0 Å². The molecule has 6 heteroatoms. The second-order valence-electron chi connectivity index (χ2n) is 6.85. The molecule has 0 aromatic heterocycles. The summed E-state index contributed by atoms with van der Waals surface area (Å²) in [5.74, 6) is 0. The highest BCUT2D eigenvalue weighted by Crippen LogP contribution is 2.23. The van der Waals surface area contributed by atoms with E-state index >= 15 is 0 Å². The Bertz CT molecular complexity index is 624. The van der Waals surface area contributed by atoms with Crippen molar-refractivity contribution in [2.24, 2.45) is 0 Å². The Labute approximate surface area is 167 Å². The first-order valence-corrected chi connectivity index (χ1v) is 9.76. The standard InChI is InChI=1S/C22H32N2O4/c25-11-7-23(8-12-26)17-19-3-1-5-21(15-19)22-6-2-4-20(16-22)18-24(9-13-27)10-14-28/h1-6,15-16,25-28H,7-14,17-18H2. The van der Waals surface area contributed by atoms with Crippen molar-refractivity contribution in [2.45, 2.75) is 13.1 Å². The summed E-state index contributed by atoms with van der Waals surface area (Å²) in [4.78, 5) is 4.05. The van der Waals surface area contributed by atoms with Crippen LogP contribution in [-0.2, 0) is 13.1 Å². The van der Waals surface area contributed by atoms with Gasteiger partial charge in [-0.05, 0) is 34.4 Å². The van der Waals surface area contributed by atoms with Crippen LogP contribution in [0.4, 0.5) is 0 Å². The molecular weight excluding hydrogens is 356 g/mol. The number of aliphatic hydroxyl groups is 4. The van der Waals surface area contributed by atoms with Crippen LogP contribution in [0.25, 0.3) is 11.1 Å². The van der Waals surface area contributed by atoms with Gasteiger partial charge < -0.3 is 20.4 Å². The van der Waals surface area contributed by atoms with E-state index in [1.165, 1.54) is 0 Å². The molecule has 0 bridgehead atoms. The molecule has 6 nitrogen and oxygen atoms in total. The first-order valence-electron chi connectivity index (χ1n) is 9.76. The first kappa shape index (κ1) is 22.5. The fourth-order valence-electron chi connectivity index (χ4n) is 3.32. The third kappa shape index (κ3) is 7.31. The van der Waals surface area contributed by atoms with Crippen molar-refractivity contribution in [2.75, 3.05) is 52.6 Å². The summed E-state index contributed by atoms with van der Waals surface area (Å²) in [7, 11) is 0. The van der Waals surface area contributed by atoms with E-state index in [1.54, 1.807) is 0 Å². The second-order valence-corrected chi connectivity index (χ2v) is 6.85. The first-order chi connectivity index (χ1) is 13.7. The van der Waals surface area contributed by atoms with Gasteiger partial charge in [0.2, 0.25) is 0 Å². The number of rotatable bonds is 13. The maximum Gasteiger partial charge on any atom is 0.0558 e.